The first-order chi connectivity index (χ1) is 12.1. The SMILES string of the molecule is COc1ccc(-c2cn(C(C)C(=O)N3CCCCCC3)nn2)cc1F. The normalized spacial score (nSPS) is 16.4. The van der Waals surface area contributed by atoms with E-state index in [9.17, 15) is 9.18 Å². The largest absolute Gasteiger partial charge is 0.494 e. The molecule has 1 fully saturated rings. The first-order valence-electron chi connectivity index (χ1n) is 8.64. The topological polar surface area (TPSA) is 60.2 Å². The summed E-state index contributed by atoms with van der Waals surface area (Å²) >= 11 is 0. The van der Waals surface area contributed by atoms with Crippen LogP contribution in [-0.2, 0) is 4.79 Å². The van der Waals surface area contributed by atoms with E-state index in [-0.39, 0.29) is 11.7 Å². The zero-order valence-corrected chi connectivity index (χ0v) is 14.6. The third-order valence-corrected chi connectivity index (χ3v) is 4.63. The van der Waals surface area contributed by atoms with Gasteiger partial charge in [-0.2, -0.15) is 0 Å². The molecule has 1 amide bonds. The number of hydrogen-bond donors (Lipinski definition) is 0. The minimum atomic E-state index is -0.455. The van der Waals surface area contributed by atoms with E-state index in [0.717, 1.165) is 25.9 Å². The van der Waals surface area contributed by atoms with Crippen LogP contribution in [0, 0.1) is 5.82 Å². The highest BCUT2D eigenvalue weighted by molar-refractivity contribution is 5.80. The number of ether oxygens (including phenoxy) is 1. The predicted octanol–water partition coefficient (Wildman–Crippen LogP) is 3.06. The molecule has 7 heteroatoms. The zero-order valence-electron chi connectivity index (χ0n) is 14.6. The number of amides is 1. The molecule has 1 atom stereocenters. The Bertz CT molecular complexity index is 738. The molecule has 1 aliphatic heterocycles. The van der Waals surface area contributed by atoms with E-state index in [4.69, 9.17) is 4.74 Å². The van der Waals surface area contributed by atoms with Crippen molar-refractivity contribution in [1.29, 1.82) is 0 Å². The van der Waals surface area contributed by atoms with Gasteiger partial charge in [-0.05, 0) is 38.0 Å². The molecule has 1 unspecified atom stereocenters. The van der Waals surface area contributed by atoms with Crippen molar-refractivity contribution >= 4 is 5.91 Å². The van der Waals surface area contributed by atoms with Crippen molar-refractivity contribution < 1.29 is 13.9 Å². The van der Waals surface area contributed by atoms with Crippen molar-refractivity contribution in [3.8, 4) is 17.0 Å². The summed E-state index contributed by atoms with van der Waals surface area (Å²) in [5.74, 6) is -0.219. The second-order valence-corrected chi connectivity index (χ2v) is 6.35. The number of likely N-dealkylation sites (tertiary alicyclic amines) is 1. The highest BCUT2D eigenvalue weighted by atomic mass is 19.1. The lowest BCUT2D eigenvalue weighted by Gasteiger charge is -2.23. The number of carbonyl (C=O) groups excluding carboxylic acids is 1. The first kappa shape index (κ1) is 17.4. The van der Waals surface area contributed by atoms with Crippen LogP contribution in [0.15, 0.2) is 24.4 Å². The molecule has 3 rings (SSSR count). The number of nitrogens with zero attached hydrogens (tertiary/aromatic N) is 4. The summed E-state index contributed by atoms with van der Waals surface area (Å²) in [5, 5.41) is 8.15. The summed E-state index contributed by atoms with van der Waals surface area (Å²) in [6.07, 6.45) is 6.13. The van der Waals surface area contributed by atoms with Crippen LogP contribution in [0.5, 0.6) is 5.75 Å². The van der Waals surface area contributed by atoms with Gasteiger partial charge in [0.1, 0.15) is 11.7 Å². The molecule has 0 aliphatic carbocycles. The van der Waals surface area contributed by atoms with Crippen molar-refractivity contribution in [2.75, 3.05) is 20.2 Å². The molecule has 0 N–H and O–H groups in total. The second-order valence-electron chi connectivity index (χ2n) is 6.35. The van der Waals surface area contributed by atoms with Gasteiger partial charge >= 0.3 is 0 Å². The molecule has 0 bridgehead atoms. The van der Waals surface area contributed by atoms with E-state index in [0.29, 0.717) is 11.3 Å². The lowest BCUT2D eigenvalue weighted by atomic mass is 10.1. The molecular formula is C18H23FN4O2. The average molecular weight is 346 g/mol. The average Bonchev–Trinajstić information content (AvgIpc) is 2.96. The Morgan fingerprint density at radius 1 is 1.24 bits per heavy atom. The summed E-state index contributed by atoms with van der Waals surface area (Å²) in [6, 6.07) is 4.20. The molecule has 25 heavy (non-hydrogen) atoms. The first-order valence-corrected chi connectivity index (χ1v) is 8.64. The highest BCUT2D eigenvalue weighted by Gasteiger charge is 2.24. The molecule has 134 valence electrons. The van der Waals surface area contributed by atoms with Crippen LogP contribution in [0.3, 0.4) is 0 Å². The standard InChI is InChI=1S/C18H23FN4O2/c1-13(18(24)22-9-5-3-4-6-10-22)23-12-16(20-21-23)14-7-8-17(25-2)15(19)11-14/h7-8,11-13H,3-6,9-10H2,1-2H3. The van der Waals surface area contributed by atoms with Crippen LogP contribution < -0.4 is 4.74 Å². The van der Waals surface area contributed by atoms with Gasteiger partial charge in [0.15, 0.2) is 11.6 Å². The maximum Gasteiger partial charge on any atom is 0.247 e. The molecular weight excluding hydrogens is 323 g/mol. The van der Waals surface area contributed by atoms with E-state index < -0.39 is 11.9 Å². The molecule has 1 saturated heterocycles. The van der Waals surface area contributed by atoms with Gasteiger partial charge in [-0.25, -0.2) is 9.07 Å². The van der Waals surface area contributed by atoms with Gasteiger partial charge < -0.3 is 9.64 Å². The van der Waals surface area contributed by atoms with Crippen LogP contribution in [-0.4, -0.2) is 46.0 Å². The number of methoxy groups -OCH3 is 1. The third-order valence-electron chi connectivity index (χ3n) is 4.63. The zero-order chi connectivity index (χ0) is 17.8. The quantitative estimate of drug-likeness (QED) is 0.854. The smallest absolute Gasteiger partial charge is 0.247 e. The fourth-order valence-electron chi connectivity index (χ4n) is 3.09. The van der Waals surface area contributed by atoms with E-state index in [1.54, 1.807) is 23.0 Å². The second kappa shape index (κ2) is 7.63. The van der Waals surface area contributed by atoms with Crippen LogP contribution in [0.25, 0.3) is 11.3 Å². The summed E-state index contributed by atoms with van der Waals surface area (Å²) in [6.45, 7) is 3.42. The van der Waals surface area contributed by atoms with Gasteiger partial charge in [0.2, 0.25) is 5.91 Å². The summed E-state index contributed by atoms with van der Waals surface area (Å²) < 4.78 is 20.3. The Hall–Kier alpha value is -2.44. The highest BCUT2D eigenvalue weighted by Crippen LogP contribution is 2.25. The lowest BCUT2D eigenvalue weighted by Crippen LogP contribution is -2.37. The molecule has 0 radical (unpaired) electrons. The van der Waals surface area contributed by atoms with Crippen LogP contribution in [0.4, 0.5) is 4.39 Å². The van der Waals surface area contributed by atoms with Gasteiger partial charge in [-0.15, -0.1) is 5.10 Å². The van der Waals surface area contributed by atoms with Crippen LogP contribution >= 0.6 is 0 Å². The third kappa shape index (κ3) is 3.81. The van der Waals surface area contributed by atoms with Crippen molar-refractivity contribution in [3.63, 3.8) is 0 Å². The van der Waals surface area contributed by atoms with E-state index >= 15 is 0 Å². The molecule has 2 heterocycles. The Kier molecular flexibility index (Phi) is 5.31. The molecule has 0 saturated carbocycles. The minimum Gasteiger partial charge on any atom is -0.494 e. The van der Waals surface area contributed by atoms with Gasteiger partial charge in [0.05, 0.1) is 13.3 Å². The molecule has 1 aromatic carbocycles. The van der Waals surface area contributed by atoms with Crippen molar-refractivity contribution in [1.82, 2.24) is 19.9 Å². The minimum absolute atomic E-state index is 0.0549. The van der Waals surface area contributed by atoms with E-state index in [1.165, 1.54) is 26.0 Å². The van der Waals surface area contributed by atoms with Gasteiger partial charge in [0.25, 0.3) is 0 Å². The van der Waals surface area contributed by atoms with Crippen LogP contribution in [0.2, 0.25) is 0 Å². The molecule has 1 aliphatic rings. The Labute approximate surface area is 146 Å². The summed E-state index contributed by atoms with van der Waals surface area (Å²) in [4.78, 5) is 14.6. The molecule has 6 nitrogen and oxygen atoms in total. The maximum atomic E-state index is 13.9. The number of rotatable bonds is 4. The van der Waals surface area contributed by atoms with E-state index in [1.807, 2.05) is 11.8 Å². The fraction of sp³-hybridized carbons (Fsp3) is 0.500. The fourth-order valence-corrected chi connectivity index (χ4v) is 3.09. The Morgan fingerprint density at radius 2 is 1.96 bits per heavy atom. The number of halogens is 1. The number of aromatic nitrogens is 3. The maximum absolute atomic E-state index is 13.9. The number of benzene rings is 1. The molecule has 1 aromatic heterocycles. The van der Waals surface area contributed by atoms with Crippen molar-refractivity contribution in [2.45, 2.75) is 38.6 Å². The van der Waals surface area contributed by atoms with Gasteiger partial charge in [-0.3, -0.25) is 4.79 Å². The van der Waals surface area contributed by atoms with Crippen LogP contribution in [0.1, 0.15) is 38.6 Å². The van der Waals surface area contributed by atoms with Gasteiger partial charge in [0, 0.05) is 18.7 Å². The number of hydrogen-bond acceptors (Lipinski definition) is 4. The Balaban J connectivity index is 1.76. The lowest BCUT2D eigenvalue weighted by molar-refractivity contribution is -0.134. The Morgan fingerprint density at radius 3 is 2.60 bits per heavy atom. The summed E-state index contributed by atoms with van der Waals surface area (Å²) in [5.41, 5.74) is 1.12. The number of carbonyl (C=O) groups is 1. The molecule has 2 aromatic rings. The van der Waals surface area contributed by atoms with Gasteiger partial charge in [-0.1, -0.05) is 18.1 Å². The van der Waals surface area contributed by atoms with Crippen molar-refractivity contribution in [2.24, 2.45) is 0 Å². The molecule has 0 spiro atoms. The predicted molar refractivity (Wildman–Crippen MR) is 91.7 cm³/mol. The van der Waals surface area contributed by atoms with Crippen molar-refractivity contribution in [3.05, 3.63) is 30.2 Å². The van der Waals surface area contributed by atoms with E-state index in [2.05, 4.69) is 10.3 Å². The summed E-state index contributed by atoms with van der Waals surface area (Å²) in [7, 11) is 1.42. The monoisotopic (exact) mass is 346 g/mol.